The first-order valence-electron chi connectivity index (χ1n) is 7.20. The molecule has 16 heavy (non-hydrogen) atoms. The fourth-order valence-corrected chi connectivity index (χ4v) is 2.64. The average Bonchev–Trinajstić information content (AvgIpc) is 2.52. The van der Waals surface area contributed by atoms with Crippen molar-refractivity contribution >= 4 is 0 Å². The van der Waals surface area contributed by atoms with Gasteiger partial charge in [-0.3, -0.25) is 4.90 Å². The van der Waals surface area contributed by atoms with Gasteiger partial charge in [-0.05, 0) is 44.8 Å². The van der Waals surface area contributed by atoms with Crippen molar-refractivity contribution in [3.8, 4) is 0 Å². The lowest BCUT2D eigenvalue weighted by atomic mass is 10.0. The van der Waals surface area contributed by atoms with Crippen molar-refractivity contribution in [1.82, 2.24) is 10.2 Å². The molecule has 0 aromatic carbocycles. The Morgan fingerprint density at radius 1 is 1.06 bits per heavy atom. The fraction of sp³-hybridized carbons (Fsp3) is 1.00. The van der Waals surface area contributed by atoms with Gasteiger partial charge in [-0.2, -0.15) is 0 Å². The van der Waals surface area contributed by atoms with Gasteiger partial charge in [0.2, 0.25) is 0 Å². The van der Waals surface area contributed by atoms with E-state index < -0.39 is 0 Å². The van der Waals surface area contributed by atoms with E-state index >= 15 is 0 Å². The van der Waals surface area contributed by atoms with Crippen molar-refractivity contribution in [3.63, 3.8) is 0 Å². The van der Waals surface area contributed by atoms with Crippen LogP contribution in [0.3, 0.4) is 0 Å². The molecular formula is C14H30N2. The average molecular weight is 226 g/mol. The molecule has 1 unspecified atom stereocenters. The molecule has 0 saturated carbocycles. The largest absolute Gasteiger partial charge is 0.315 e. The van der Waals surface area contributed by atoms with E-state index in [0.717, 1.165) is 18.5 Å². The maximum Gasteiger partial charge on any atom is 0.0243 e. The molecule has 1 heterocycles. The van der Waals surface area contributed by atoms with Gasteiger partial charge in [-0.1, -0.05) is 33.6 Å². The topological polar surface area (TPSA) is 15.3 Å². The second kappa shape index (κ2) is 8.08. The SMILES string of the molecule is CCCNCC(C(C)C)N1CCCCCC1. The van der Waals surface area contributed by atoms with E-state index in [1.54, 1.807) is 0 Å². The second-order valence-corrected chi connectivity index (χ2v) is 5.47. The van der Waals surface area contributed by atoms with E-state index in [4.69, 9.17) is 0 Å². The molecule has 0 aliphatic carbocycles. The number of hydrogen-bond donors (Lipinski definition) is 1. The van der Waals surface area contributed by atoms with Crippen molar-refractivity contribution in [2.75, 3.05) is 26.2 Å². The molecule has 0 aromatic heterocycles. The number of nitrogens with one attached hydrogen (secondary N) is 1. The molecule has 1 rings (SSSR count). The van der Waals surface area contributed by atoms with E-state index in [1.807, 2.05) is 0 Å². The van der Waals surface area contributed by atoms with Gasteiger partial charge in [0.1, 0.15) is 0 Å². The van der Waals surface area contributed by atoms with Gasteiger partial charge in [-0.25, -0.2) is 0 Å². The van der Waals surface area contributed by atoms with Crippen molar-refractivity contribution in [2.45, 2.75) is 58.9 Å². The third-order valence-electron chi connectivity index (χ3n) is 3.66. The Bertz CT molecular complexity index is 160. The van der Waals surface area contributed by atoms with Gasteiger partial charge in [0.25, 0.3) is 0 Å². The van der Waals surface area contributed by atoms with Crippen LogP contribution in [0.5, 0.6) is 0 Å². The van der Waals surface area contributed by atoms with E-state index in [0.29, 0.717) is 0 Å². The summed E-state index contributed by atoms with van der Waals surface area (Å²) in [5, 5.41) is 3.59. The number of rotatable bonds is 6. The molecule has 1 aliphatic heterocycles. The number of nitrogens with zero attached hydrogens (tertiary/aromatic N) is 1. The van der Waals surface area contributed by atoms with E-state index in [2.05, 4.69) is 31.0 Å². The van der Waals surface area contributed by atoms with Crippen molar-refractivity contribution in [3.05, 3.63) is 0 Å². The molecule has 2 heteroatoms. The number of hydrogen-bond acceptors (Lipinski definition) is 2. The highest BCUT2D eigenvalue weighted by Crippen LogP contribution is 2.16. The first-order chi connectivity index (χ1) is 7.75. The predicted octanol–water partition coefficient (Wildman–Crippen LogP) is 2.89. The van der Waals surface area contributed by atoms with Gasteiger partial charge < -0.3 is 5.32 Å². The zero-order chi connectivity index (χ0) is 11.8. The summed E-state index contributed by atoms with van der Waals surface area (Å²) in [7, 11) is 0. The number of likely N-dealkylation sites (tertiary alicyclic amines) is 1. The smallest absolute Gasteiger partial charge is 0.0243 e. The van der Waals surface area contributed by atoms with Crippen LogP contribution in [0.25, 0.3) is 0 Å². The third-order valence-corrected chi connectivity index (χ3v) is 3.66. The lowest BCUT2D eigenvalue weighted by Gasteiger charge is -2.33. The van der Waals surface area contributed by atoms with Crippen LogP contribution in [0.2, 0.25) is 0 Å². The minimum atomic E-state index is 0.740. The maximum atomic E-state index is 3.59. The van der Waals surface area contributed by atoms with Crippen LogP contribution in [0.1, 0.15) is 52.9 Å². The summed E-state index contributed by atoms with van der Waals surface area (Å²) in [5.41, 5.74) is 0. The Morgan fingerprint density at radius 2 is 1.69 bits per heavy atom. The highest BCUT2D eigenvalue weighted by molar-refractivity contribution is 4.78. The Hall–Kier alpha value is -0.0800. The van der Waals surface area contributed by atoms with Crippen LogP contribution in [-0.2, 0) is 0 Å². The first-order valence-corrected chi connectivity index (χ1v) is 7.20. The summed E-state index contributed by atoms with van der Waals surface area (Å²) in [6.45, 7) is 11.9. The molecule has 96 valence electrons. The molecule has 0 spiro atoms. The van der Waals surface area contributed by atoms with E-state index in [1.165, 1.54) is 51.7 Å². The van der Waals surface area contributed by atoms with Gasteiger partial charge in [0.15, 0.2) is 0 Å². The second-order valence-electron chi connectivity index (χ2n) is 5.47. The van der Waals surface area contributed by atoms with Crippen LogP contribution in [-0.4, -0.2) is 37.1 Å². The van der Waals surface area contributed by atoms with Gasteiger partial charge in [0, 0.05) is 12.6 Å². The Morgan fingerprint density at radius 3 is 2.19 bits per heavy atom. The van der Waals surface area contributed by atoms with Crippen LogP contribution >= 0.6 is 0 Å². The van der Waals surface area contributed by atoms with Gasteiger partial charge in [0.05, 0.1) is 0 Å². The Balaban J connectivity index is 2.40. The molecule has 2 nitrogen and oxygen atoms in total. The maximum absolute atomic E-state index is 3.59. The monoisotopic (exact) mass is 226 g/mol. The molecule has 1 atom stereocenters. The van der Waals surface area contributed by atoms with Crippen LogP contribution in [0, 0.1) is 5.92 Å². The lowest BCUT2D eigenvalue weighted by Crippen LogP contribution is -2.46. The molecule has 1 aliphatic rings. The molecule has 0 radical (unpaired) electrons. The minimum Gasteiger partial charge on any atom is -0.315 e. The quantitative estimate of drug-likeness (QED) is 0.701. The van der Waals surface area contributed by atoms with Crippen molar-refractivity contribution in [2.24, 2.45) is 5.92 Å². The van der Waals surface area contributed by atoms with Crippen molar-refractivity contribution in [1.29, 1.82) is 0 Å². The summed E-state index contributed by atoms with van der Waals surface area (Å²) < 4.78 is 0. The van der Waals surface area contributed by atoms with Crippen LogP contribution in [0.15, 0.2) is 0 Å². The van der Waals surface area contributed by atoms with Gasteiger partial charge >= 0.3 is 0 Å². The minimum absolute atomic E-state index is 0.740. The molecule has 1 N–H and O–H groups in total. The van der Waals surface area contributed by atoms with E-state index in [9.17, 15) is 0 Å². The van der Waals surface area contributed by atoms with Crippen molar-refractivity contribution < 1.29 is 0 Å². The Labute approximate surface area is 102 Å². The fourth-order valence-electron chi connectivity index (χ4n) is 2.64. The first kappa shape index (κ1) is 14.0. The van der Waals surface area contributed by atoms with E-state index in [-0.39, 0.29) is 0 Å². The molecule has 0 aromatic rings. The lowest BCUT2D eigenvalue weighted by molar-refractivity contribution is 0.157. The third kappa shape index (κ3) is 4.84. The highest BCUT2D eigenvalue weighted by atomic mass is 15.2. The molecular weight excluding hydrogens is 196 g/mol. The standard InChI is InChI=1S/C14H30N2/c1-4-9-15-12-14(13(2)3)16-10-7-5-6-8-11-16/h13-15H,4-12H2,1-3H3. The molecule has 0 amide bonds. The molecule has 1 fully saturated rings. The van der Waals surface area contributed by atoms with Gasteiger partial charge in [-0.15, -0.1) is 0 Å². The molecule has 0 bridgehead atoms. The summed E-state index contributed by atoms with van der Waals surface area (Å²) >= 11 is 0. The molecule has 1 saturated heterocycles. The summed E-state index contributed by atoms with van der Waals surface area (Å²) in [4.78, 5) is 2.72. The summed E-state index contributed by atoms with van der Waals surface area (Å²) in [6, 6.07) is 0.740. The van der Waals surface area contributed by atoms with Crippen LogP contribution in [0.4, 0.5) is 0 Å². The summed E-state index contributed by atoms with van der Waals surface area (Å²) in [5.74, 6) is 0.766. The predicted molar refractivity (Wildman–Crippen MR) is 71.8 cm³/mol. The van der Waals surface area contributed by atoms with Crippen LogP contribution < -0.4 is 5.32 Å². The Kier molecular flexibility index (Phi) is 7.06. The zero-order valence-corrected chi connectivity index (χ0v) is 11.5. The highest BCUT2D eigenvalue weighted by Gasteiger charge is 2.21. The zero-order valence-electron chi connectivity index (χ0n) is 11.5. The summed E-state index contributed by atoms with van der Waals surface area (Å²) in [6.07, 6.45) is 6.91. The normalized spacial score (nSPS) is 21.0.